The number of nitrogens with one attached hydrogen (secondary N) is 1. The maximum Gasteiger partial charge on any atom is 0.217 e. The summed E-state index contributed by atoms with van der Waals surface area (Å²) in [4.78, 5) is 10.6. The van der Waals surface area contributed by atoms with Gasteiger partial charge in [-0.05, 0) is 12.1 Å². The second-order valence-electron chi connectivity index (χ2n) is 3.07. The Balaban J connectivity index is 2.84. The van der Waals surface area contributed by atoms with Crippen LogP contribution in [0, 0.1) is 11.8 Å². The summed E-state index contributed by atoms with van der Waals surface area (Å²) in [6, 6.07) is 3.16. The number of anilines is 1. The van der Waals surface area contributed by atoms with E-state index in [-0.39, 0.29) is 12.5 Å². The molecule has 0 aliphatic carbocycles. The number of rotatable bonds is 1. The first kappa shape index (κ1) is 12.7. The third-order valence-electron chi connectivity index (χ3n) is 1.70. The molecule has 16 heavy (non-hydrogen) atoms. The second-order valence-corrected chi connectivity index (χ2v) is 3.89. The number of hydrogen-bond donors (Lipinski definition) is 2. The number of carbonyl (C=O) groups excluding carboxylic acids is 1. The predicted octanol–water partition coefficient (Wildman–Crippen LogP) is 2.06. The highest BCUT2D eigenvalue weighted by Gasteiger charge is 2.03. The monoisotopic (exact) mass is 256 g/mol. The van der Waals surface area contributed by atoms with Crippen molar-refractivity contribution in [3.8, 4) is 11.8 Å². The quantitative estimate of drug-likeness (QED) is 0.597. The Morgan fingerprint density at radius 1 is 1.44 bits per heavy atom. The molecule has 3 nitrogen and oxygen atoms in total. The standard InChI is InChI=1S/C11H10Cl2N2O/c1-7(16)15-4-2-3-9-10(12)5-8(14)6-11(9)13/h5-6H,4,14H2,1H3,(H,15,16). The Morgan fingerprint density at radius 3 is 2.50 bits per heavy atom. The molecule has 0 fully saturated rings. The lowest BCUT2D eigenvalue weighted by Gasteiger charge is -2.01. The summed E-state index contributed by atoms with van der Waals surface area (Å²) in [5, 5.41) is 3.35. The van der Waals surface area contributed by atoms with Gasteiger partial charge in [-0.15, -0.1) is 0 Å². The fourth-order valence-electron chi connectivity index (χ4n) is 1.01. The van der Waals surface area contributed by atoms with Gasteiger partial charge in [-0.3, -0.25) is 4.79 Å². The summed E-state index contributed by atoms with van der Waals surface area (Å²) in [7, 11) is 0. The van der Waals surface area contributed by atoms with Crippen molar-refractivity contribution in [3.63, 3.8) is 0 Å². The first-order valence-corrected chi connectivity index (χ1v) is 5.24. The van der Waals surface area contributed by atoms with Crippen molar-refractivity contribution in [2.45, 2.75) is 6.92 Å². The van der Waals surface area contributed by atoms with Crippen LogP contribution in [0.2, 0.25) is 10.0 Å². The Morgan fingerprint density at radius 2 is 2.00 bits per heavy atom. The van der Waals surface area contributed by atoms with Gasteiger partial charge in [0.2, 0.25) is 5.91 Å². The van der Waals surface area contributed by atoms with E-state index in [2.05, 4.69) is 17.2 Å². The molecule has 0 saturated heterocycles. The zero-order valence-electron chi connectivity index (χ0n) is 8.60. The fraction of sp³-hybridized carbons (Fsp3) is 0.182. The van der Waals surface area contributed by atoms with Crippen LogP contribution >= 0.6 is 23.2 Å². The number of nitrogens with two attached hydrogens (primary N) is 1. The highest BCUT2D eigenvalue weighted by atomic mass is 35.5. The van der Waals surface area contributed by atoms with E-state index in [0.717, 1.165) is 0 Å². The van der Waals surface area contributed by atoms with Gasteiger partial charge in [0.1, 0.15) is 0 Å². The predicted molar refractivity (Wildman–Crippen MR) is 66.4 cm³/mol. The van der Waals surface area contributed by atoms with Crippen molar-refractivity contribution in [1.29, 1.82) is 0 Å². The van der Waals surface area contributed by atoms with Crippen molar-refractivity contribution < 1.29 is 4.79 Å². The topological polar surface area (TPSA) is 55.1 Å². The van der Waals surface area contributed by atoms with Crippen LogP contribution in [-0.4, -0.2) is 12.5 Å². The van der Waals surface area contributed by atoms with Crippen LogP contribution in [0.25, 0.3) is 0 Å². The first-order chi connectivity index (χ1) is 7.50. The average molecular weight is 257 g/mol. The molecule has 0 spiro atoms. The van der Waals surface area contributed by atoms with Gasteiger partial charge in [0, 0.05) is 12.6 Å². The summed E-state index contributed by atoms with van der Waals surface area (Å²) in [6.07, 6.45) is 0. The van der Waals surface area contributed by atoms with Gasteiger partial charge in [0.25, 0.3) is 0 Å². The normalized spacial score (nSPS) is 9.19. The van der Waals surface area contributed by atoms with Gasteiger partial charge in [-0.2, -0.15) is 0 Å². The van der Waals surface area contributed by atoms with E-state index in [1.165, 1.54) is 6.92 Å². The van der Waals surface area contributed by atoms with E-state index in [0.29, 0.717) is 21.3 Å². The molecule has 0 aliphatic rings. The summed E-state index contributed by atoms with van der Waals surface area (Å²) in [5.74, 6) is 5.39. The molecular formula is C11H10Cl2N2O. The molecule has 1 amide bonds. The minimum absolute atomic E-state index is 0.135. The number of benzene rings is 1. The third kappa shape index (κ3) is 3.65. The number of nitrogen functional groups attached to an aromatic ring is 1. The molecule has 0 aromatic heterocycles. The van der Waals surface area contributed by atoms with E-state index in [1.54, 1.807) is 12.1 Å². The van der Waals surface area contributed by atoms with Crippen LogP contribution in [0.5, 0.6) is 0 Å². The number of halogens is 2. The van der Waals surface area contributed by atoms with Crippen LogP contribution in [0.4, 0.5) is 5.69 Å². The highest BCUT2D eigenvalue weighted by Crippen LogP contribution is 2.26. The zero-order chi connectivity index (χ0) is 12.1. The minimum atomic E-state index is -0.135. The zero-order valence-corrected chi connectivity index (χ0v) is 10.1. The molecule has 84 valence electrons. The molecule has 1 aromatic carbocycles. The lowest BCUT2D eigenvalue weighted by Crippen LogP contribution is -2.19. The Bertz CT molecular complexity index is 452. The summed E-state index contributed by atoms with van der Waals surface area (Å²) in [5.41, 5.74) is 6.55. The lowest BCUT2D eigenvalue weighted by atomic mass is 10.2. The van der Waals surface area contributed by atoms with E-state index >= 15 is 0 Å². The summed E-state index contributed by atoms with van der Waals surface area (Å²) in [6.45, 7) is 1.68. The molecule has 0 unspecified atom stereocenters. The molecule has 1 rings (SSSR count). The van der Waals surface area contributed by atoms with Crippen molar-refractivity contribution in [3.05, 3.63) is 27.7 Å². The van der Waals surface area contributed by atoms with Gasteiger partial charge < -0.3 is 11.1 Å². The Hall–Kier alpha value is -1.37. The van der Waals surface area contributed by atoms with E-state index in [1.807, 2.05) is 0 Å². The summed E-state index contributed by atoms with van der Waals surface area (Å²) >= 11 is 11.8. The van der Waals surface area contributed by atoms with E-state index in [4.69, 9.17) is 28.9 Å². The molecule has 5 heteroatoms. The van der Waals surface area contributed by atoms with Crippen LogP contribution in [-0.2, 0) is 4.79 Å². The lowest BCUT2D eigenvalue weighted by molar-refractivity contribution is -0.118. The molecule has 0 aliphatic heterocycles. The molecule has 0 atom stereocenters. The van der Waals surface area contributed by atoms with Gasteiger partial charge in [-0.1, -0.05) is 35.0 Å². The van der Waals surface area contributed by atoms with E-state index in [9.17, 15) is 4.79 Å². The highest BCUT2D eigenvalue weighted by molar-refractivity contribution is 6.37. The molecule has 1 aromatic rings. The van der Waals surface area contributed by atoms with Crippen LogP contribution in [0.3, 0.4) is 0 Å². The van der Waals surface area contributed by atoms with Crippen molar-refractivity contribution in [1.82, 2.24) is 5.32 Å². The maximum atomic E-state index is 10.6. The first-order valence-electron chi connectivity index (χ1n) is 4.48. The van der Waals surface area contributed by atoms with Crippen molar-refractivity contribution in [2.24, 2.45) is 0 Å². The molecular weight excluding hydrogens is 247 g/mol. The molecule has 0 bridgehead atoms. The van der Waals surface area contributed by atoms with Crippen LogP contribution in [0.15, 0.2) is 12.1 Å². The largest absolute Gasteiger partial charge is 0.399 e. The van der Waals surface area contributed by atoms with Crippen LogP contribution in [0.1, 0.15) is 12.5 Å². The minimum Gasteiger partial charge on any atom is -0.399 e. The summed E-state index contributed by atoms with van der Waals surface area (Å²) < 4.78 is 0. The maximum absolute atomic E-state index is 10.6. The SMILES string of the molecule is CC(=O)NCC#Cc1c(Cl)cc(N)cc1Cl. The molecule has 3 N–H and O–H groups in total. The number of amides is 1. The smallest absolute Gasteiger partial charge is 0.217 e. The Labute approximate surface area is 104 Å². The third-order valence-corrected chi connectivity index (χ3v) is 2.30. The second kappa shape index (κ2) is 5.64. The van der Waals surface area contributed by atoms with Crippen LogP contribution < -0.4 is 11.1 Å². The average Bonchev–Trinajstić information content (AvgIpc) is 2.14. The fourth-order valence-corrected chi connectivity index (χ4v) is 1.61. The van der Waals surface area contributed by atoms with Crippen molar-refractivity contribution in [2.75, 3.05) is 12.3 Å². The van der Waals surface area contributed by atoms with E-state index < -0.39 is 0 Å². The van der Waals surface area contributed by atoms with Gasteiger partial charge in [0.15, 0.2) is 0 Å². The van der Waals surface area contributed by atoms with Crippen molar-refractivity contribution >= 4 is 34.8 Å². The number of carbonyl (C=O) groups is 1. The van der Waals surface area contributed by atoms with Gasteiger partial charge in [-0.25, -0.2) is 0 Å². The molecule has 0 radical (unpaired) electrons. The molecule has 0 saturated carbocycles. The van der Waals surface area contributed by atoms with Gasteiger partial charge >= 0.3 is 0 Å². The molecule has 0 heterocycles. The van der Waals surface area contributed by atoms with Gasteiger partial charge in [0.05, 0.1) is 22.2 Å². The Kier molecular flexibility index (Phi) is 4.48. The number of hydrogen-bond acceptors (Lipinski definition) is 2.